The molecular formula is C52H38N4. The molecule has 1 aromatic heterocycles. The zero-order chi connectivity index (χ0) is 37.7. The summed E-state index contributed by atoms with van der Waals surface area (Å²) in [6, 6.07) is 68.3. The van der Waals surface area contributed by atoms with Crippen LogP contribution in [0.25, 0.3) is 33.4 Å². The van der Waals surface area contributed by atoms with Crippen LogP contribution in [-0.4, -0.2) is 23.4 Å². The minimum Gasteiger partial charge on any atom is -0.265 e. The third kappa shape index (κ3) is 6.27. The molecule has 1 aliphatic carbocycles. The largest absolute Gasteiger partial charge is 0.265 e. The Bertz CT molecular complexity index is 2640. The third-order valence-corrected chi connectivity index (χ3v) is 10.7. The summed E-state index contributed by atoms with van der Waals surface area (Å²) < 4.78 is 0. The summed E-state index contributed by atoms with van der Waals surface area (Å²) >= 11 is 0. The Kier molecular flexibility index (Phi) is 9.36. The molecule has 0 spiro atoms. The number of benzene rings is 7. The molecule has 56 heavy (non-hydrogen) atoms. The van der Waals surface area contributed by atoms with Crippen molar-refractivity contribution in [3.63, 3.8) is 0 Å². The van der Waals surface area contributed by atoms with Crippen LogP contribution in [0.4, 0.5) is 0 Å². The van der Waals surface area contributed by atoms with E-state index in [1.165, 1.54) is 44.5 Å². The maximum atomic E-state index is 4.93. The fourth-order valence-corrected chi connectivity index (χ4v) is 8.12. The van der Waals surface area contributed by atoms with Crippen LogP contribution in [0, 0.1) is 0 Å². The zero-order valence-electron chi connectivity index (χ0n) is 30.8. The van der Waals surface area contributed by atoms with E-state index >= 15 is 0 Å². The Morgan fingerprint density at radius 3 is 1.70 bits per heavy atom. The summed E-state index contributed by atoms with van der Waals surface area (Å²) in [6.45, 7) is 4.38. The monoisotopic (exact) mass is 718 g/mol. The van der Waals surface area contributed by atoms with Gasteiger partial charge in [0, 0.05) is 23.5 Å². The average Bonchev–Trinajstić information content (AvgIpc) is 3.59. The standard InChI is InChI=1S/C52H38N4/c1-53-50(56-51(41-16-7-3-8-17-41)55-36-37-14-5-2-6-15-37)42-30-26-39(27-31-42)38-24-28-40(29-25-38)45-21-13-23-48-49(45)46-20-11-12-22-47(46)52(48,43-18-9-4-10-19-43)44-32-34-54-35-33-44/h2-35H,1,36H2. The van der Waals surface area contributed by atoms with Gasteiger partial charge in [-0.25, -0.2) is 9.98 Å². The summed E-state index contributed by atoms with van der Waals surface area (Å²) in [4.78, 5) is 18.5. The quantitative estimate of drug-likeness (QED) is 0.114. The lowest BCUT2D eigenvalue weighted by molar-refractivity contribution is 0.766. The van der Waals surface area contributed by atoms with E-state index in [0.717, 1.165) is 27.8 Å². The molecule has 1 atom stereocenters. The molecule has 266 valence electrons. The minimum absolute atomic E-state index is 0.466. The highest BCUT2D eigenvalue weighted by atomic mass is 15.0. The number of nitrogens with zero attached hydrogens (tertiary/aromatic N) is 4. The smallest absolute Gasteiger partial charge is 0.161 e. The number of aliphatic imine (C=N–C) groups is 3. The molecule has 0 bridgehead atoms. The molecule has 1 heterocycles. The first-order valence-electron chi connectivity index (χ1n) is 18.8. The Labute approximate surface area is 328 Å². The number of hydrogen-bond donors (Lipinski definition) is 0. The predicted octanol–water partition coefficient (Wildman–Crippen LogP) is 11.9. The molecule has 0 saturated heterocycles. The molecule has 7 aromatic carbocycles. The van der Waals surface area contributed by atoms with Crippen molar-refractivity contribution in [2.45, 2.75) is 12.0 Å². The highest BCUT2D eigenvalue weighted by Gasteiger charge is 2.46. The van der Waals surface area contributed by atoms with Crippen LogP contribution in [0.1, 0.15) is 38.9 Å². The Hall–Kier alpha value is -7.30. The van der Waals surface area contributed by atoms with Crippen LogP contribution in [0.3, 0.4) is 0 Å². The first kappa shape index (κ1) is 34.5. The molecule has 0 saturated carbocycles. The first-order valence-corrected chi connectivity index (χ1v) is 18.8. The minimum atomic E-state index is -0.466. The summed E-state index contributed by atoms with van der Waals surface area (Å²) in [6.07, 6.45) is 3.81. The number of rotatable bonds is 8. The third-order valence-electron chi connectivity index (χ3n) is 10.7. The van der Waals surface area contributed by atoms with E-state index in [1.54, 1.807) is 0 Å². The van der Waals surface area contributed by atoms with Crippen LogP contribution >= 0.6 is 0 Å². The van der Waals surface area contributed by atoms with Crippen LogP contribution in [0.2, 0.25) is 0 Å². The van der Waals surface area contributed by atoms with Crippen molar-refractivity contribution in [3.05, 3.63) is 245 Å². The Morgan fingerprint density at radius 1 is 0.464 bits per heavy atom. The van der Waals surface area contributed by atoms with Crippen molar-refractivity contribution in [3.8, 4) is 33.4 Å². The van der Waals surface area contributed by atoms with E-state index in [2.05, 4.69) is 162 Å². The second kappa shape index (κ2) is 15.2. The van der Waals surface area contributed by atoms with E-state index in [1.807, 2.05) is 60.9 Å². The molecule has 0 radical (unpaired) electrons. The molecule has 0 fully saturated rings. The van der Waals surface area contributed by atoms with Gasteiger partial charge in [0.2, 0.25) is 0 Å². The summed E-state index contributed by atoms with van der Waals surface area (Å²) in [7, 11) is 0. The lowest BCUT2D eigenvalue weighted by Crippen LogP contribution is -2.28. The van der Waals surface area contributed by atoms with Gasteiger partial charge in [-0.05, 0) is 80.0 Å². The van der Waals surface area contributed by atoms with Crippen LogP contribution in [0.5, 0.6) is 0 Å². The van der Waals surface area contributed by atoms with Gasteiger partial charge in [-0.3, -0.25) is 9.98 Å². The molecule has 1 unspecified atom stereocenters. The molecular weight excluding hydrogens is 681 g/mol. The topological polar surface area (TPSA) is 50.0 Å². The molecule has 0 amide bonds. The molecule has 9 rings (SSSR count). The number of hydrogen-bond acceptors (Lipinski definition) is 2. The Morgan fingerprint density at radius 2 is 1.00 bits per heavy atom. The molecule has 1 aliphatic rings. The van der Waals surface area contributed by atoms with Crippen LogP contribution in [0.15, 0.2) is 221 Å². The average molecular weight is 719 g/mol. The van der Waals surface area contributed by atoms with E-state index in [-0.39, 0.29) is 0 Å². The Balaban J connectivity index is 1.05. The van der Waals surface area contributed by atoms with E-state index in [4.69, 9.17) is 9.98 Å². The number of amidine groups is 2. The molecule has 4 heteroatoms. The van der Waals surface area contributed by atoms with Crippen molar-refractivity contribution >= 4 is 18.4 Å². The maximum absolute atomic E-state index is 4.93. The van der Waals surface area contributed by atoms with E-state index in [0.29, 0.717) is 18.2 Å². The molecule has 4 nitrogen and oxygen atoms in total. The van der Waals surface area contributed by atoms with Crippen molar-refractivity contribution in [2.75, 3.05) is 0 Å². The number of fused-ring (bicyclic) bond motifs is 3. The van der Waals surface area contributed by atoms with Gasteiger partial charge >= 0.3 is 0 Å². The number of pyridine rings is 1. The van der Waals surface area contributed by atoms with Gasteiger partial charge < -0.3 is 0 Å². The zero-order valence-corrected chi connectivity index (χ0v) is 30.8. The van der Waals surface area contributed by atoms with Gasteiger partial charge in [0.1, 0.15) is 0 Å². The van der Waals surface area contributed by atoms with E-state index < -0.39 is 5.41 Å². The second-order valence-electron chi connectivity index (χ2n) is 13.9. The fraction of sp³-hybridized carbons (Fsp3) is 0.0385. The first-order chi connectivity index (χ1) is 27.7. The summed E-state index contributed by atoms with van der Waals surface area (Å²) in [5.74, 6) is 1.15. The normalized spacial score (nSPS) is 14.9. The SMILES string of the molecule is C=NC(=NC(=NCc1ccccc1)c1ccccc1)c1ccc(-c2ccc(-c3cccc4c3-c3ccccc3C4(c3ccccc3)c3ccncc3)cc2)cc1. The highest BCUT2D eigenvalue weighted by molar-refractivity contribution is 6.12. The highest BCUT2D eigenvalue weighted by Crippen LogP contribution is 2.58. The maximum Gasteiger partial charge on any atom is 0.161 e. The van der Waals surface area contributed by atoms with Crippen molar-refractivity contribution in [2.24, 2.45) is 15.0 Å². The lowest BCUT2D eigenvalue weighted by atomic mass is 9.68. The van der Waals surface area contributed by atoms with E-state index in [9.17, 15) is 0 Å². The van der Waals surface area contributed by atoms with Gasteiger partial charge in [-0.2, -0.15) is 0 Å². The molecule has 0 N–H and O–H groups in total. The number of aromatic nitrogens is 1. The van der Waals surface area contributed by atoms with Gasteiger partial charge in [0.15, 0.2) is 11.7 Å². The van der Waals surface area contributed by atoms with Gasteiger partial charge in [0.25, 0.3) is 0 Å². The summed E-state index contributed by atoms with van der Waals surface area (Å²) in [5, 5.41) is 0. The van der Waals surface area contributed by atoms with Crippen molar-refractivity contribution in [1.82, 2.24) is 4.98 Å². The fourth-order valence-electron chi connectivity index (χ4n) is 8.12. The van der Waals surface area contributed by atoms with Crippen molar-refractivity contribution in [1.29, 1.82) is 0 Å². The van der Waals surface area contributed by atoms with Crippen LogP contribution in [-0.2, 0) is 12.0 Å². The predicted molar refractivity (Wildman–Crippen MR) is 232 cm³/mol. The second-order valence-corrected chi connectivity index (χ2v) is 13.9. The van der Waals surface area contributed by atoms with Crippen molar-refractivity contribution < 1.29 is 0 Å². The molecule has 8 aromatic rings. The van der Waals surface area contributed by atoms with Gasteiger partial charge in [-0.15, -0.1) is 0 Å². The van der Waals surface area contributed by atoms with Crippen LogP contribution < -0.4 is 0 Å². The summed E-state index contributed by atoms with van der Waals surface area (Å²) in [5.41, 5.74) is 14.6. The molecule has 0 aliphatic heterocycles. The lowest BCUT2D eigenvalue weighted by Gasteiger charge is -2.33. The van der Waals surface area contributed by atoms with Gasteiger partial charge in [-0.1, -0.05) is 182 Å². The van der Waals surface area contributed by atoms with Gasteiger partial charge in [0.05, 0.1) is 12.0 Å².